The van der Waals surface area contributed by atoms with Crippen LogP contribution in [0.4, 0.5) is 0 Å². The molecule has 0 spiro atoms. The summed E-state index contributed by atoms with van der Waals surface area (Å²) in [6.07, 6.45) is 3.25. The van der Waals surface area contributed by atoms with Crippen molar-refractivity contribution >= 4 is 11.2 Å². The smallest absolute Gasteiger partial charge is 0.322 e. The van der Waals surface area contributed by atoms with Gasteiger partial charge >= 0.3 is 5.69 Å². The van der Waals surface area contributed by atoms with E-state index < -0.39 is 0 Å². The minimum atomic E-state index is -0.339. The van der Waals surface area contributed by atoms with Gasteiger partial charge in [0.1, 0.15) is 5.82 Å². The molecule has 0 aliphatic carbocycles. The molecule has 0 fully saturated rings. The van der Waals surface area contributed by atoms with Crippen LogP contribution in [0.2, 0.25) is 0 Å². The number of nitrogens with zero attached hydrogens (tertiary/aromatic N) is 5. The standard InChI is InChI=1S/C17H29N5O2/c1-6-9-21(10-7-2)11-8-12-22-13(3)18-15-14(22)16(23)20(5)17(24)19(15)4/h6-12H2,1-5H3. The lowest BCUT2D eigenvalue weighted by Gasteiger charge is -2.21. The van der Waals surface area contributed by atoms with Gasteiger partial charge in [0.2, 0.25) is 0 Å². The highest BCUT2D eigenvalue weighted by molar-refractivity contribution is 5.70. The molecule has 0 N–H and O–H groups in total. The van der Waals surface area contributed by atoms with Crippen LogP contribution in [0.25, 0.3) is 11.2 Å². The van der Waals surface area contributed by atoms with E-state index in [1.807, 2.05) is 11.5 Å². The Morgan fingerprint density at radius 2 is 1.62 bits per heavy atom. The molecule has 0 bridgehead atoms. The molecule has 2 rings (SSSR count). The molecule has 0 saturated heterocycles. The number of rotatable bonds is 8. The maximum Gasteiger partial charge on any atom is 0.332 e. The van der Waals surface area contributed by atoms with Crippen molar-refractivity contribution in [1.82, 2.24) is 23.6 Å². The first-order valence-electron chi connectivity index (χ1n) is 8.77. The van der Waals surface area contributed by atoms with Gasteiger partial charge in [-0.2, -0.15) is 0 Å². The maximum atomic E-state index is 12.5. The van der Waals surface area contributed by atoms with Gasteiger partial charge in [0.05, 0.1) is 0 Å². The van der Waals surface area contributed by atoms with E-state index in [9.17, 15) is 9.59 Å². The van der Waals surface area contributed by atoms with Crippen molar-refractivity contribution in [2.75, 3.05) is 19.6 Å². The van der Waals surface area contributed by atoms with Gasteiger partial charge < -0.3 is 9.47 Å². The third-order valence-corrected chi connectivity index (χ3v) is 4.47. The van der Waals surface area contributed by atoms with Crippen LogP contribution in [-0.4, -0.2) is 43.2 Å². The first-order chi connectivity index (χ1) is 11.4. The molecule has 2 aromatic rings. The summed E-state index contributed by atoms with van der Waals surface area (Å²) in [5.74, 6) is 0.779. The van der Waals surface area contributed by atoms with Crippen LogP contribution in [0, 0.1) is 6.92 Å². The van der Waals surface area contributed by atoms with Crippen molar-refractivity contribution in [2.45, 2.75) is 46.6 Å². The van der Waals surface area contributed by atoms with E-state index in [0.717, 1.165) is 55.8 Å². The summed E-state index contributed by atoms with van der Waals surface area (Å²) in [7, 11) is 3.17. The summed E-state index contributed by atoms with van der Waals surface area (Å²) in [4.78, 5) is 31.5. The van der Waals surface area contributed by atoms with E-state index in [2.05, 4.69) is 23.7 Å². The molecule has 134 valence electrons. The van der Waals surface area contributed by atoms with Gasteiger partial charge in [-0.3, -0.25) is 13.9 Å². The molecule has 0 aliphatic heterocycles. The molecule has 2 heterocycles. The number of imidazole rings is 1. The van der Waals surface area contributed by atoms with Crippen LogP contribution in [0.15, 0.2) is 9.59 Å². The molecule has 7 heteroatoms. The highest BCUT2D eigenvalue weighted by atomic mass is 16.2. The highest BCUT2D eigenvalue weighted by Crippen LogP contribution is 2.11. The van der Waals surface area contributed by atoms with Crippen LogP contribution in [0.5, 0.6) is 0 Å². The number of fused-ring (bicyclic) bond motifs is 1. The van der Waals surface area contributed by atoms with Crippen LogP contribution < -0.4 is 11.2 Å². The Bertz CT molecular complexity index is 809. The predicted octanol–water partition coefficient (Wildman–Crippen LogP) is 1.25. The van der Waals surface area contributed by atoms with Crippen molar-refractivity contribution in [2.24, 2.45) is 14.1 Å². The summed E-state index contributed by atoms with van der Waals surface area (Å²) in [6, 6.07) is 0. The van der Waals surface area contributed by atoms with Gasteiger partial charge in [-0.25, -0.2) is 9.78 Å². The van der Waals surface area contributed by atoms with Gasteiger partial charge in [0.15, 0.2) is 11.2 Å². The summed E-state index contributed by atoms with van der Waals surface area (Å²) in [5.41, 5.74) is 0.385. The zero-order valence-corrected chi connectivity index (χ0v) is 15.5. The fourth-order valence-corrected chi connectivity index (χ4v) is 3.25. The van der Waals surface area contributed by atoms with E-state index >= 15 is 0 Å². The molecule has 7 nitrogen and oxygen atoms in total. The summed E-state index contributed by atoms with van der Waals surface area (Å²) >= 11 is 0. The fourth-order valence-electron chi connectivity index (χ4n) is 3.25. The van der Waals surface area contributed by atoms with E-state index in [1.54, 1.807) is 7.05 Å². The molecular weight excluding hydrogens is 306 g/mol. The van der Waals surface area contributed by atoms with Crippen molar-refractivity contribution in [1.29, 1.82) is 0 Å². The molecule has 0 aliphatic rings. The van der Waals surface area contributed by atoms with E-state index in [1.165, 1.54) is 11.6 Å². The number of aryl methyl sites for hydroxylation is 3. The van der Waals surface area contributed by atoms with Gasteiger partial charge in [-0.1, -0.05) is 13.8 Å². The molecule has 0 unspecified atom stereocenters. The predicted molar refractivity (Wildman–Crippen MR) is 96.6 cm³/mol. The van der Waals surface area contributed by atoms with Gasteiger partial charge in [0.25, 0.3) is 5.56 Å². The average molecular weight is 335 g/mol. The van der Waals surface area contributed by atoms with Crippen LogP contribution in [0.1, 0.15) is 38.9 Å². The maximum absolute atomic E-state index is 12.5. The second-order valence-electron chi connectivity index (χ2n) is 6.38. The number of hydrogen-bond acceptors (Lipinski definition) is 4. The lowest BCUT2D eigenvalue weighted by molar-refractivity contribution is 0.266. The largest absolute Gasteiger partial charge is 0.332 e. The summed E-state index contributed by atoms with van der Waals surface area (Å²) in [5, 5.41) is 0. The topological polar surface area (TPSA) is 65.1 Å². The van der Waals surface area contributed by atoms with E-state index in [4.69, 9.17) is 0 Å². The molecule has 0 amide bonds. The lowest BCUT2D eigenvalue weighted by atomic mass is 10.3. The number of aromatic nitrogens is 4. The third-order valence-electron chi connectivity index (χ3n) is 4.47. The Balaban J connectivity index is 2.28. The van der Waals surface area contributed by atoms with Crippen LogP contribution in [-0.2, 0) is 20.6 Å². The Morgan fingerprint density at radius 3 is 2.21 bits per heavy atom. The molecule has 24 heavy (non-hydrogen) atoms. The number of hydrogen-bond donors (Lipinski definition) is 0. The monoisotopic (exact) mass is 335 g/mol. The fraction of sp³-hybridized carbons (Fsp3) is 0.706. The van der Waals surface area contributed by atoms with Crippen molar-refractivity contribution in [3.63, 3.8) is 0 Å². The molecular formula is C17H29N5O2. The molecule has 0 radical (unpaired) electrons. The van der Waals surface area contributed by atoms with Gasteiger partial charge in [0, 0.05) is 20.6 Å². The van der Waals surface area contributed by atoms with Gasteiger partial charge in [-0.15, -0.1) is 0 Å². The first kappa shape index (κ1) is 18.4. The Kier molecular flexibility index (Phi) is 5.99. The van der Waals surface area contributed by atoms with E-state index in [-0.39, 0.29) is 11.2 Å². The first-order valence-corrected chi connectivity index (χ1v) is 8.77. The Hall–Kier alpha value is -1.89. The lowest BCUT2D eigenvalue weighted by Crippen LogP contribution is -2.37. The zero-order valence-electron chi connectivity index (χ0n) is 15.5. The third kappa shape index (κ3) is 3.45. The minimum absolute atomic E-state index is 0.271. The van der Waals surface area contributed by atoms with Gasteiger partial charge in [-0.05, 0) is 45.8 Å². The zero-order chi connectivity index (χ0) is 17.9. The highest BCUT2D eigenvalue weighted by Gasteiger charge is 2.16. The average Bonchev–Trinajstić information content (AvgIpc) is 2.88. The second-order valence-corrected chi connectivity index (χ2v) is 6.38. The van der Waals surface area contributed by atoms with E-state index in [0.29, 0.717) is 11.2 Å². The second kappa shape index (κ2) is 7.79. The minimum Gasteiger partial charge on any atom is -0.322 e. The normalized spacial score (nSPS) is 11.8. The quantitative estimate of drug-likeness (QED) is 0.728. The summed E-state index contributed by atoms with van der Waals surface area (Å²) < 4.78 is 4.55. The van der Waals surface area contributed by atoms with Crippen molar-refractivity contribution in [3.8, 4) is 0 Å². The molecule has 0 aromatic carbocycles. The molecule has 2 aromatic heterocycles. The Labute approximate surface area is 142 Å². The molecule has 0 atom stereocenters. The van der Waals surface area contributed by atoms with Crippen LogP contribution in [0.3, 0.4) is 0 Å². The van der Waals surface area contributed by atoms with Crippen LogP contribution >= 0.6 is 0 Å². The van der Waals surface area contributed by atoms with Crippen molar-refractivity contribution < 1.29 is 0 Å². The van der Waals surface area contributed by atoms with Crippen molar-refractivity contribution in [3.05, 3.63) is 26.7 Å². The summed E-state index contributed by atoms with van der Waals surface area (Å²) in [6.45, 7) is 10.2. The Morgan fingerprint density at radius 1 is 1.00 bits per heavy atom. The SMILES string of the molecule is CCCN(CCC)CCCn1c(C)nc2c1c(=O)n(C)c(=O)n2C. The molecule has 0 saturated carbocycles.